The number of fused-ring (bicyclic) bond motifs is 1. The Morgan fingerprint density at radius 2 is 1.96 bits per heavy atom. The fraction of sp³-hybridized carbons (Fsp3) is 0.333. The van der Waals surface area contributed by atoms with Crippen LogP contribution in [0.3, 0.4) is 0 Å². The Labute approximate surface area is 165 Å². The van der Waals surface area contributed by atoms with Crippen molar-refractivity contribution < 1.29 is 13.2 Å². The molecule has 2 heterocycles. The summed E-state index contributed by atoms with van der Waals surface area (Å²) < 4.78 is 28.7. The summed E-state index contributed by atoms with van der Waals surface area (Å²) >= 11 is 0. The minimum atomic E-state index is -3.66. The molecule has 0 spiro atoms. The van der Waals surface area contributed by atoms with Crippen molar-refractivity contribution in [3.63, 3.8) is 0 Å². The maximum Gasteiger partial charge on any atom is 0.285 e. The van der Waals surface area contributed by atoms with Crippen molar-refractivity contribution in [3.05, 3.63) is 59.2 Å². The second-order valence-corrected chi connectivity index (χ2v) is 9.05. The lowest BCUT2D eigenvalue weighted by atomic mass is 9.96. The number of hydrogen-bond acceptors (Lipinski definition) is 4. The van der Waals surface area contributed by atoms with Gasteiger partial charge in [-0.15, -0.1) is 4.40 Å². The van der Waals surface area contributed by atoms with E-state index in [-0.39, 0.29) is 16.7 Å². The van der Waals surface area contributed by atoms with E-state index < -0.39 is 10.0 Å². The zero-order chi connectivity index (χ0) is 19.9. The number of aryl methyl sites for hydroxylation is 2. The molecule has 2 aromatic rings. The fourth-order valence-corrected chi connectivity index (χ4v) is 5.03. The Kier molecular flexibility index (Phi) is 4.71. The number of sulfonamides is 1. The van der Waals surface area contributed by atoms with E-state index in [1.807, 2.05) is 43.0 Å². The molecule has 1 saturated heterocycles. The molecule has 4 rings (SSSR count). The maximum absolute atomic E-state index is 12.9. The first kappa shape index (κ1) is 18.7. The van der Waals surface area contributed by atoms with Gasteiger partial charge >= 0.3 is 0 Å². The van der Waals surface area contributed by atoms with Crippen LogP contribution in [0.5, 0.6) is 0 Å². The second-order valence-electron chi connectivity index (χ2n) is 7.48. The number of carbonyl (C=O) groups excluding carboxylic acids is 1. The number of benzene rings is 2. The number of carbonyl (C=O) groups is 1. The first-order valence-electron chi connectivity index (χ1n) is 9.42. The van der Waals surface area contributed by atoms with Gasteiger partial charge in [-0.1, -0.05) is 24.3 Å². The number of amides is 1. The molecule has 1 fully saturated rings. The number of hydrogen-bond donors (Lipinski definition) is 1. The third kappa shape index (κ3) is 3.42. The van der Waals surface area contributed by atoms with Crippen molar-refractivity contribution in [2.45, 2.75) is 31.6 Å². The van der Waals surface area contributed by atoms with E-state index in [9.17, 15) is 13.2 Å². The van der Waals surface area contributed by atoms with Gasteiger partial charge < -0.3 is 10.2 Å². The molecule has 146 valence electrons. The molecule has 0 saturated carbocycles. The molecule has 0 radical (unpaired) electrons. The number of amidine groups is 1. The van der Waals surface area contributed by atoms with Gasteiger partial charge in [0.1, 0.15) is 4.90 Å². The smallest absolute Gasteiger partial charge is 0.285 e. The molecule has 2 aromatic carbocycles. The van der Waals surface area contributed by atoms with E-state index in [4.69, 9.17) is 0 Å². The highest BCUT2D eigenvalue weighted by Crippen LogP contribution is 2.30. The third-order valence-corrected chi connectivity index (χ3v) is 6.68. The summed E-state index contributed by atoms with van der Waals surface area (Å²) in [5.41, 5.74) is 3.56. The quantitative estimate of drug-likeness (QED) is 0.845. The zero-order valence-electron chi connectivity index (χ0n) is 16.0. The summed E-state index contributed by atoms with van der Waals surface area (Å²) in [7, 11) is -3.66. The van der Waals surface area contributed by atoms with Crippen molar-refractivity contribution >= 4 is 27.5 Å². The highest BCUT2D eigenvalue weighted by atomic mass is 32.2. The molecule has 1 atom stereocenters. The Hall–Kier alpha value is -2.67. The largest absolute Gasteiger partial charge is 0.355 e. The van der Waals surface area contributed by atoms with Crippen LogP contribution in [-0.4, -0.2) is 38.2 Å². The number of nitrogens with one attached hydrogen (secondary N) is 1. The molecular weight excluding hydrogens is 374 g/mol. The lowest BCUT2D eigenvalue weighted by Crippen LogP contribution is -2.43. The van der Waals surface area contributed by atoms with E-state index in [1.165, 1.54) is 0 Å². The van der Waals surface area contributed by atoms with Crippen molar-refractivity contribution in [1.29, 1.82) is 0 Å². The summed E-state index contributed by atoms with van der Waals surface area (Å²) in [5, 5.41) is 3.04. The molecule has 0 aliphatic carbocycles. The molecule has 0 aromatic heterocycles. The first-order valence-corrected chi connectivity index (χ1v) is 10.9. The van der Waals surface area contributed by atoms with Crippen LogP contribution in [0.2, 0.25) is 0 Å². The van der Waals surface area contributed by atoms with Gasteiger partial charge in [0.15, 0.2) is 5.84 Å². The SMILES string of the molecule is Cc1ccc(C)c(NC(=O)[C@@H]2CCCN(C3=NS(=O)(=O)c4ccccc43)C2)c1. The number of piperidine rings is 1. The average molecular weight is 398 g/mol. The van der Waals surface area contributed by atoms with E-state index in [1.54, 1.807) is 18.2 Å². The van der Waals surface area contributed by atoms with Crippen molar-refractivity contribution in [3.8, 4) is 0 Å². The zero-order valence-corrected chi connectivity index (χ0v) is 16.8. The van der Waals surface area contributed by atoms with Crippen LogP contribution in [0, 0.1) is 19.8 Å². The van der Waals surface area contributed by atoms with Crippen molar-refractivity contribution in [2.24, 2.45) is 10.3 Å². The van der Waals surface area contributed by atoms with Crippen LogP contribution >= 0.6 is 0 Å². The van der Waals surface area contributed by atoms with Gasteiger partial charge in [0.2, 0.25) is 5.91 Å². The average Bonchev–Trinajstić information content (AvgIpc) is 2.96. The van der Waals surface area contributed by atoms with Crippen LogP contribution in [0.1, 0.15) is 29.5 Å². The topological polar surface area (TPSA) is 78.8 Å². The summed E-state index contributed by atoms with van der Waals surface area (Å²) in [6, 6.07) is 12.8. The van der Waals surface area contributed by atoms with Gasteiger partial charge in [-0.2, -0.15) is 8.42 Å². The van der Waals surface area contributed by atoms with Crippen LogP contribution in [0.15, 0.2) is 51.8 Å². The van der Waals surface area contributed by atoms with E-state index in [2.05, 4.69) is 9.71 Å². The first-order chi connectivity index (χ1) is 13.3. The highest BCUT2D eigenvalue weighted by Gasteiger charge is 2.35. The molecule has 2 aliphatic heterocycles. The Balaban J connectivity index is 1.54. The lowest BCUT2D eigenvalue weighted by molar-refractivity contribution is -0.121. The standard InChI is InChI=1S/C21H23N3O3S/c1-14-9-10-15(2)18(12-14)22-21(25)16-6-5-11-24(13-16)20-17-7-3-4-8-19(17)28(26,27)23-20/h3-4,7-10,12,16H,5-6,11,13H2,1-2H3,(H,22,25)/t16-/m1/s1. The third-order valence-electron chi connectivity index (χ3n) is 5.36. The van der Waals surface area contributed by atoms with Crippen molar-refractivity contribution in [2.75, 3.05) is 18.4 Å². The van der Waals surface area contributed by atoms with Gasteiger partial charge in [-0.3, -0.25) is 4.79 Å². The van der Waals surface area contributed by atoms with E-state index in [0.717, 1.165) is 29.7 Å². The van der Waals surface area contributed by atoms with Gasteiger partial charge in [-0.05, 0) is 56.0 Å². The monoisotopic (exact) mass is 397 g/mol. The summed E-state index contributed by atoms with van der Waals surface area (Å²) in [4.78, 5) is 15.0. The van der Waals surface area contributed by atoms with Gasteiger partial charge in [0.05, 0.1) is 5.92 Å². The lowest BCUT2D eigenvalue weighted by Gasteiger charge is -2.33. The van der Waals surface area contributed by atoms with E-state index in [0.29, 0.717) is 24.5 Å². The second kappa shape index (κ2) is 7.05. The molecule has 2 aliphatic rings. The van der Waals surface area contributed by atoms with Crippen molar-refractivity contribution in [1.82, 2.24) is 4.90 Å². The number of likely N-dealkylation sites (tertiary alicyclic amines) is 1. The van der Waals surface area contributed by atoms with Crippen LogP contribution in [0.4, 0.5) is 5.69 Å². The van der Waals surface area contributed by atoms with Gasteiger partial charge in [-0.25, -0.2) is 0 Å². The molecule has 6 nitrogen and oxygen atoms in total. The number of nitrogens with zero attached hydrogens (tertiary/aromatic N) is 2. The fourth-order valence-electron chi connectivity index (χ4n) is 3.81. The summed E-state index contributed by atoms with van der Waals surface area (Å²) in [5.74, 6) is 0.208. The minimum absolute atomic E-state index is 0.0341. The van der Waals surface area contributed by atoms with Gasteiger partial charge in [0.25, 0.3) is 10.0 Å². The normalized spacial score (nSPS) is 20.4. The molecule has 0 bridgehead atoms. The van der Waals surface area contributed by atoms with E-state index >= 15 is 0 Å². The highest BCUT2D eigenvalue weighted by molar-refractivity contribution is 7.90. The molecular formula is C21H23N3O3S. The summed E-state index contributed by atoms with van der Waals surface area (Å²) in [6.45, 7) is 5.11. The predicted octanol–water partition coefficient (Wildman–Crippen LogP) is 3.10. The maximum atomic E-state index is 12.9. The van der Waals surface area contributed by atoms with Crippen LogP contribution in [-0.2, 0) is 14.8 Å². The summed E-state index contributed by atoms with van der Waals surface area (Å²) in [6.07, 6.45) is 1.58. The van der Waals surface area contributed by atoms with Crippen LogP contribution < -0.4 is 5.32 Å². The predicted molar refractivity (Wildman–Crippen MR) is 109 cm³/mol. The molecule has 28 heavy (non-hydrogen) atoms. The number of rotatable bonds is 2. The molecule has 1 N–H and O–H groups in total. The number of anilines is 1. The Morgan fingerprint density at radius 1 is 1.18 bits per heavy atom. The molecule has 7 heteroatoms. The van der Waals surface area contributed by atoms with Crippen LogP contribution in [0.25, 0.3) is 0 Å². The van der Waals surface area contributed by atoms with Gasteiger partial charge in [0, 0.05) is 24.3 Å². The molecule has 1 amide bonds. The Bertz CT molecular complexity index is 1080. The minimum Gasteiger partial charge on any atom is -0.355 e. The molecule has 0 unspecified atom stereocenters. The Morgan fingerprint density at radius 3 is 2.79 bits per heavy atom.